The van der Waals surface area contributed by atoms with E-state index in [0.29, 0.717) is 28.5 Å². The van der Waals surface area contributed by atoms with Gasteiger partial charge in [0, 0.05) is 24.7 Å². The smallest absolute Gasteiger partial charge is 0.272 e. The number of aryl methyl sites for hydroxylation is 1. The molecule has 1 amide bonds. The molecule has 1 N–H and O–H groups in total. The molecule has 0 radical (unpaired) electrons. The zero-order valence-electron chi connectivity index (χ0n) is 18.7. The van der Waals surface area contributed by atoms with E-state index < -0.39 is 0 Å². The van der Waals surface area contributed by atoms with Gasteiger partial charge in [-0.3, -0.25) is 14.2 Å². The van der Waals surface area contributed by atoms with E-state index in [1.165, 1.54) is 28.7 Å². The van der Waals surface area contributed by atoms with Crippen molar-refractivity contribution in [1.29, 1.82) is 0 Å². The number of benzene rings is 1. The van der Waals surface area contributed by atoms with Crippen LogP contribution in [-0.4, -0.2) is 45.5 Å². The summed E-state index contributed by atoms with van der Waals surface area (Å²) < 4.78 is 8.06. The first-order valence-corrected chi connectivity index (χ1v) is 13.3. The lowest BCUT2D eigenvalue weighted by atomic mass is 10.1. The number of thiophene rings is 1. The third-order valence-electron chi connectivity index (χ3n) is 5.87. The summed E-state index contributed by atoms with van der Waals surface area (Å²) in [4.78, 5) is 36.0. The summed E-state index contributed by atoms with van der Waals surface area (Å²) in [5.41, 5.74) is 1.83. The summed E-state index contributed by atoms with van der Waals surface area (Å²) in [5.74, 6) is 0.141. The Kier molecular flexibility index (Phi) is 7.22. The predicted octanol–water partition coefficient (Wildman–Crippen LogP) is 4.03. The fourth-order valence-electron chi connectivity index (χ4n) is 4.15. The van der Waals surface area contributed by atoms with Crippen LogP contribution in [0.3, 0.4) is 0 Å². The fourth-order valence-corrected chi connectivity index (χ4v) is 6.01. The SMILES string of the molecule is O=C(CSc1nc2c(sc3ncccc32)c(=O)n1C[C@H]1CCCO1)NCCCc1ccccc1. The molecule has 1 saturated heterocycles. The van der Waals surface area contributed by atoms with Crippen LogP contribution in [-0.2, 0) is 22.5 Å². The molecule has 1 aliphatic rings. The van der Waals surface area contributed by atoms with Crippen molar-refractivity contribution in [2.75, 3.05) is 18.9 Å². The monoisotopic (exact) mass is 494 g/mol. The standard InChI is InChI=1S/C25H26N4O3S2/c30-20(26-12-4-9-17-7-2-1-3-8-17)16-33-25-28-21-19-11-5-13-27-23(19)34-22(21)24(31)29(25)15-18-10-6-14-32-18/h1-3,5,7-8,11,13,18H,4,6,9-10,12,14-16H2,(H,26,30)/t18-/m1/s1. The molecule has 1 aromatic carbocycles. The van der Waals surface area contributed by atoms with Crippen molar-refractivity contribution in [3.63, 3.8) is 0 Å². The van der Waals surface area contributed by atoms with Crippen molar-refractivity contribution < 1.29 is 9.53 Å². The maximum atomic E-state index is 13.4. The molecule has 9 heteroatoms. The molecule has 0 aliphatic carbocycles. The largest absolute Gasteiger partial charge is 0.376 e. The number of rotatable bonds is 9. The summed E-state index contributed by atoms with van der Waals surface area (Å²) in [5, 5.41) is 4.41. The van der Waals surface area contributed by atoms with E-state index in [-0.39, 0.29) is 23.3 Å². The average Bonchev–Trinajstić information content (AvgIpc) is 3.51. The van der Waals surface area contributed by atoms with E-state index in [1.54, 1.807) is 10.8 Å². The van der Waals surface area contributed by atoms with Crippen LogP contribution in [0.4, 0.5) is 0 Å². The Morgan fingerprint density at radius 3 is 2.94 bits per heavy atom. The van der Waals surface area contributed by atoms with Crippen LogP contribution in [0.1, 0.15) is 24.8 Å². The van der Waals surface area contributed by atoms with Crippen LogP contribution in [0.5, 0.6) is 0 Å². The highest BCUT2D eigenvalue weighted by atomic mass is 32.2. The van der Waals surface area contributed by atoms with Gasteiger partial charge in [0.25, 0.3) is 5.56 Å². The van der Waals surface area contributed by atoms with Crippen molar-refractivity contribution in [3.8, 4) is 0 Å². The third kappa shape index (κ3) is 5.16. The van der Waals surface area contributed by atoms with E-state index >= 15 is 0 Å². The lowest BCUT2D eigenvalue weighted by molar-refractivity contribution is -0.118. The second kappa shape index (κ2) is 10.7. The first-order valence-electron chi connectivity index (χ1n) is 11.5. The Morgan fingerprint density at radius 1 is 1.24 bits per heavy atom. The van der Waals surface area contributed by atoms with Crippen LogP contribution >= 0.6 is 23.1 Å². The molecule has 7 nitrogen and oxygen atoms in total. The molecule has 0 bridgehead atoms. The normalized spacial score (nSPS) is 15.8. The van der Waals surface area contributed by atoms with Gasteiger partial charge in [-0.25, -0.2) is 9.97 Å². The molecule has 34 heavy (non-hydrogen) atoms. The zero-order valence-corrected chi connectivity index (χ0v) is 20.4. The Bertz CT molecular complexity index is 1350. The zero-order chi connectivity index (χ0) is 23.3. The summed E-state index contributed by atoms with van der Waals surface area (Å²) in [6.45, 7) is 1.78. The van der Waals surface area contributed by atoms with Crippen LogP contribution in [0.25, 0.3) is 20.4 Å². The van der Waals surface area contributed by atoms with Crippen LogP contribution in [0.2, 0.25) is 0 Å². The second-order valence-electron chi connectivity index (χ2n) is 8.31. The van der Waals surface area contributed by atoms with E-state index in [2.05, 4.69) is 22.4 Å². The molecule has 0 unspecified atom stereocenters. The van der Waals surface area contributed by atoms with Gasteiger partial charge in [-0.2, -0.15) is 0 Å². The molecule has 176 valence electrons. The first-order chi connectivity index (χ1) is 16.7. The fraction of sp³-hybridized carbons (Fsp3) is 0.360. The van der Waals surface area contributed by atoms with Crippen molar-refractivity contribution in [1.82, 2.24) is 19.9 Å². The number of thioether (sulfide) groups is 1. The predicted molar refractivity (Wildman–Crippen MR) is 137 cm³/mol. The minimum atomic E-state index is -0.0886. The van der Waals surface area contributed by atoms with Crippen LogP contribution < -0.4 is 10.9 Å². The summed E-state index contributed by atoms with van der Waals surface area (Å²) in [6.07, 6.45) is 5.44. The van der Waals surface area contributed by atoms with Crippen molar-refractivity contribution in [3.05, 3.63) is 64.6 Å². The third-order valence-corrected chi connectivity index (χ3v) is 7.93. The number of pyridine rings is 1. The Hall–Kier alpha value is -2.75. The van der Waals surface area contributed by atoms with Gasteiger partial charge in [0.15, 0.2) is 5.16 Å². The van der Waals surface area contributed by atoms with Gasteiger partial charge >= 0.3 is 0 Å². The highest BCUT2D eigenvalue weighted by molar-refractivity contribution is 7.99. The maximum absolute atomic E-state index is 13.4. The number of carbonyl (C=O) groups is 1. The number of nitrogens with one attached hydrogen (secondary N) is 1. The van der Waals surface area contributed by atoms with Gasteiger partial charge in [0.1, 0.15) is 9.53 Å². The van der Waals surface area contributed by atoms with E-state index in [4.69, 9.17) is 9.72 Å². The Morgan fingerprint density at radius 2 is 2.12 bits per heavy atom. The number of amides is 1. The Labute approximate surface area is 205 Å². The van der Waals surface area contributed by atoms with Crippen LogP contribution in [0.15, 0.2) is 58.6 Å². The maximum Gasteiger partial charge on any atom is 0.272 e. The molecule has 1 fully saturated rings. The summed E-state index contributed by atoms with van der Waals surface area (Å²) in [7, 11) is 0. The molecule has 5 rings (SSSR count). The number of ether oxygens (including phenoxy) is 1. The number of carbonyl (C=O) groups excluding carboxylic acids is 1. The minimum Gasteiger partial charge on any atom is -0.376 e. The van der Waals surface area contributed by atoms with Gasteiger partial charge in [0.05, 0.1) is 23.9 Å². The van der Waals surface area contributed by atoms with E-state index in [9.17, 15) is 9.59 Å². The van der Waals surface area contributed by atoms with Crippen molar-refractivity contribution in [2.24, 2.45) is 0 Å². The molecule has 1 atom stereocenters. The van der Waals surface area contributed by atoms with E-state index in [0.717, 1.165) is 42.5 Å². The van der Waals surface area contributed by atoms with Crippen molar-refractivity contribution >= 4 is 49.4 Å². The lowest BCUT2D eigenvalue weighted by Crippen LogP contribution is -2.30. The number of hydrogen-bond acceptors (Lipinski definition) is 7. The summed E-state index contributed by atoms with van der Waals surface area (Å²) in [6, 6.07) is 14.0. The van der Waals surface area contributed by atoms with Gasteiger partial charge in [-0.05, 0) is 43.4 Å². The van der Waals surface area contributed by atoms with Gasteiger partial charge < -0.3 is 10.1 Å². The highest BCUT2D eigenvalue weighted by Gasteiger charge is 2.22. The lowest BCUT2D eigenvalue weighted by Gasteiger charge is -2.15. The summed E-state index contributed by atoms with van der Waals surface area (Å²) >= 11 is 2.67. The molecule has 1 aliphatic heterocycles. The quantitative estimate of drug-likeness (QED) is 0.215. The molecular weight excluding hydrogens is 468 g/mol. The van der Waals surface area contributed by atoms with Gasteiger partial charge in [-0.1, -0.05) is 42.1 Å². The number of aromatic nitrogens is 3. The molecule has 0 spiro atoms. The molecule has 3 aromatic heterocycles. The minimum absolute atomic E-state index is 0.00406. The molecular formula is C25H26N4O3S2. The van der Waals surface area contributed by atoms with Gasteiger partial charge in [0.2, 0.25) is 5.91 Å². The van der Waals surface area contributed by atoms with Crippen molar-refractivity contribution in [2.45, 2.75) is 43.5 Å². The molecule has 0 saturated carbocycles. The number of fused-ring (bicyclic) bond motifs is 3. The van der Waals surface area contributed by atoms with E-state index in [1.807, 2.05) is 30.3 Å². The topological polar surface area (TPSA) is 86.1 Å². The number of nitrogens with zero attached hydrogens (tertiary/aromatic N) is 3. The highest BCUT2D eigenvalue weighted by Crippen LogP contribution is 2.30. The Balaban J connectivity index is 1.30. The average molecular weight is 495 g/mol. The molecule has 4 heterocycles. The van der Waals surface area contributed by atoms with Crippen LogP contribution in [0, 0.1) is 0 Å². The number of hydrogen-bond donors (Lipinski definition) is 1. The van der Waals surface area contributed by atoms with Gasteiger partial charge in [-0.15, -0.1) is 11.3 Å². The molecule has 4 aromatic rings. The second-order valence-corrected chi connectivity index (χ2v) is 10.3. The first kappa shape index (κ1) is 23.0.